The molecule has 0 saturated carbocycles. The summed E-state index contributed by atoms with van der Waals surface area (Å²) < 4.78 is 5.43. The molecule has 0 heterocycles. The van der Waals surface area contributed by atoms with Crippen LogP contribution in [0.2, 0.25) is 0 Å². The zero-order valence-electron chi connectivity index (χ0n) is 13.0. The van der Waals surface area contributed by atoms with Gasteiger partial charge in [0.1, 0.15) is 11.3 Å². The number of benzene rings is 1. The third-order valence-electron chi connectivity index (χ3n) is 2.75. The first kappa shape index (κ1) is 16.8. The van der Waals surface area contributed by atoms with Crippen LogP contribution in [0.5, 0.6) is 5.75 Å². The monoisotopic (exact) mass is 293 g/mol. The molecule has 0 unspecified atom stereocenters. The molecule has 2 amide bonds. The van der Waals surface area contributed by atoms with Crippen molar-refractivity contribution in [1.29, 1.82) is 0 Å². The highest BCUT2D eigenvalue weighted by molar-refractivity contribution is 6.03. The minimum atomic E-state index is -0.338. The lowest BCUT2D eigenvalue weighted by Gasteiger charge is -2.20. The van der Waals surface area contributed by atoms with Gasteiger partial charge in [0.15, 0.2) is 0 Å². The zero-order chi connectivity index (χ0) is 16.0. The summed E-state index contributed by atoms with van der Waals surface area (Å²) in [6, 6.07) is 5.08. The number of amides is 2. The molecule has 6 heteroatoms. The van der Waals surface area contributed by atoms with Gasteiger partial charge in [-0.15, -0.1) is 0 Å². The minimum absolute atomic E-state index is 0.0294. The molecule has 1 rings (SSSR count). The topological polar surface area (TPSA) is 84.7 Å². The number of ether oxygens (including phenoxy) is 1. The van der Waals surface area contributed by atoms with E-state index in [0.717, 1.165) is 0 Å². The SMILES string of the molecule is CCOc1cccc(N)c1C(=O)N(C)CC(=O)NC(C)C. The van der Waals surface area contributed by atoms with Crippen LogP contribution in [0.3, 0.4) is 0 Å². The Balaban J connectivity index is 2.90. The second kappa shape index (κ2) is 7.52. The van der Waals surface area contributed by atoms with Gasteiger partial charge in [0.25, 0.3) is 5.91 Å². The van der Waals surface area contributed by atoms with Crippen molar-refractivity contribution >= 4 is 17.5 Å². The van der Waals surface area contributed by atoms with Crippen molar-refractivity contribution in [3.63, 3.8) is 0 Å². The molecule has 0 fully saturated rings. The maximum Gasteiger partial charge on any atom is 0.259 e. The molecule has 0 radical (unpaired) electrons. The van der Waals surface area contributed by atoms with Gasteiger partial charge in [-0.25, -0.2) is 0 Å². The van der Waals surface area contributed by atoms with Crippen LogP contribution in [0.25, 0.3) is 0 Å². The fourth-order valence-corrected chi connectivity index (χ4v) is 1.90. The molecule has 0 atom stereocenters. The molecule has 21 heavy (non-hydrogen) atoms. The molecule has 3 N–H and O–H groups in total. The van der Waals surface area contributed by atoms with Gasteiger partial charge in [-0.3, -0.25) is 9.59 Å². The molecule has 6 nitrogen and oxygen atoms in total. The Kier molecular flexibility index (Phi) is 6.02. The van der Waals surface area contributed by atoms with E-state index < -0.39 is 0 Å². The quantitative estimate of drug-likeness (QED) is 0.773. The number of nitrogens with two attached hydrogens (primary N) is 1. The Morgan fingerprint density at radius 3 is 2.62 bits per heavy atom. The Labute approximate surface area is 125 Å². The number of anilines is 1. The first-order valence-corrected chi connectivity index (χ1v) is 6.92. The first-order chi connectivity index (χ1) is 9.86. The van der Waals surface area contributed by atoms with Crippen LogP contribution in [0.4, 0.5) is 5.69 Å². The fourth-order valence-electron chi connectivity index (χ4n) is 1.90. The van der Waals surface area contributed by atoms with Gasteiger partial charge >= 0.3 is 0 Å². The van der Waals surface area contributed by atoms with Crippen molar-refractivity contribution in [2.45, 2.75) is 26.8 Å². The lowest BCUT2D eigenvalue weighted by molar-refractivity contribution is -0.122. The predicted molar refractivity (Wildman–Crippen MR) is 82.3 cm³/mol. The molecule has 1 aromatic rings. The van der Waals surface area contributed by atoms with E-state index in [1.54, 1.807) is 25.2 Å². The number of hydrogen-bond donors (Lipinski definition) is 2. The highest BCUT2D eigenvalue weighted by Gasteiger charge is 2.21. The van der Waals surface area contributed by atoms with E-state index in [1.807, 2.05) is 20.8 Å². The predicted octanol–water partition coefficient (Wildman–Crippen LogP) is 1.26. The van der Waals surface area contributed by atoms with Gasteiger partial charge in [0, 0.05) is 18.8 Å². The zero-order valence-corrected chi connectivity index (χ0v) is 13.0. The number of likely N-dealkylation sites (N-methyl/N-ethyl adjacent to an activating group) is 1. The van der Waals surface area contributed by atoms with Crippen LogP contribution >= 0.6 is 0 Å². The summed E-state index contributed by atoms with van der Waals surface area (Å²) in [5, 5.41) is 2.74. The van der Waals surface area contributed by atoms with Crippen molar-refractivity contribution in [3.8, 4) is 5.75 Å². The number of carbonyl (C=O) groups excluding carboxylic acids is 2. The highest BCUT2D eigenvalue weighted by atomic mass is 16.5. The number of nitrogen functional groups attached to an aromatic ring is 1. The summed E-state index contributed by atoms with van der Waals surface area (Å²) in [5.41, 5.74) is 6.50. The van der Waals surface area contributed by atoms with Gasteiger partial charge in [-0.05, 0) is 32.9 Å². The Morgan fingerprint density at radius 2 is 2.05 bits per heavy atom. The third kappa shape index (κ3) is 4.66. The van der Waals surface area contributed by atoms with Crippen molar-refractivity contribution in [2.24, 2.45) is 0 Å². The maximum absolute atomic E-state index is 12.5. The van der Waals surface area contributed by atoms with E-state index >= 15 is 0 Å². The van der Waals surface area contributed by atoms with Gasteiger partial charge in [-0.1, -0.05) is 6.07 Å². The standard InChI is InChI=1S/C15H23N3O3/c1-5-21-12-8-6-7-11(16)14(12)15(20)18(4)9-13(19)17-10(2)3/h6-8,10H,5,9,16H2,1-4H3,(H,17,19). The smallest absolute Gasteiger partial charge is 0.259 e. The number of rotatable bonds is 6. The summed E-state index contributed by atoms with van der Waals surface area (Å²) in [4.78, 5) is 25.5. The summed E-state index contributed by atoms with van der Waals surface area (Å²) in [7, 11) is 1.56. The maximum atomic E-state index is 12.5. The molecule has 0 aliphatic carbocycles. The molecule has 116 valence electrons. The molecular weight excluding hydrogens is 270 g/mol. The van der Waals surface area contributed by atoms with Gasteiger partial charge in [-0.2, -0.15) is 0 Å². The average Bonchev–Trinajstić information content (AvgIpc) is 2.37. The normalized spacial score (nSPS) is 10.3. The van der Waals surface area contributed by atoms with E-state index in [2.05, 4.69) is 5.32 Å². The lowest BCUT2D eigenvalue weighted by atomic mass is 10.1. The van der Waals surface area contributed by atoms with Crippen molar-refractivity contribution in [2.75, 3.05) is 25.9 Å². The number of nitrogens with one attached hydrogen (secondary N) is 1. The molecular formula is C15H23N3O3. The van der Waals surface area contributed by atoms with E-state index in [4.69, 9.17) is 10.5 Å². The Hall–Kier alpha value is -2.24. The lowest BCUT2D eigenvalue weighted by Crippen LogP contribution is -2.41. The fraction of sp³-hybridized carbons (Fsp3) is 0.467. The minimum Gasteiger partial charge on any atom is -0.493 e. The van der Waals surface area contributed by atoms with Gasteiger partial charge in [0.05, 0.1) is 13.2 Å². The van der Waals surface area contributed by atoms with Crippen LogP contribution in [0.1, 0.15) is 31.1 Å². The Bertz CT molecular complexity index is 515. The molecule has 0 aromatic heterocycles. The molecule has 0 bridgehead atoms. The average molecular weight is 293 g/mol. The van der Waals surface area contributed by atoms with E-state index in [0.29, 0.717) is 23.6 Å². The summed E-state index contributed by atoms with van der Waals surface area (Å²) in [5.74, 6) is -0.123. The second-order valence-corrected chi connectivity index (χ2v) is 5.04. The van der Waals surface area contributed by atoms with E-state index in [1.165, 1.54) is 4.90 Å². The van der Waals surface area contributed by atoms with Crippen LogP contribution < -0.4 is 15.8 Å². The molecule has 0 saturated heterocycles. The molecule has 0 aliphatic heterocycles. The molecule has 0 spiro atoms. The summed E-state index contributed by atoms with van der Waals surface area (Å²) in [6.07, 6.45) is 0. The van der Waals surface area contributed by atoms with Crippen molar-refractivity contribution in [3.05, 3.63) is 23.8 Å². The summed E-state index contributed by atoms with van der Waals surface area (Å²) in [6.45, 7) is 5.96. The largest absolute Gasteiger partial charge is 0.493 e. The third-order valence-corrected chi connectivity index (χ3v) is 2.75. The summed E-state index contributed by atoms with van der Waals surface area (Å²) >= 11 is 0. The van der Waals surface area contributed by atoms with E-state index in [-0.39, 0.29) is 24.4 Å². The first-order valence-electron chi connectivity index (χ1n) is 6.92. The highest BCUT2D eigenvalue weighted by Crippen LogP contribution is 2.25. The van der Waals surface area contributed by atoms with Crippen LogP contribution in [0, 0.1) is 0 Å². The van der Waals surface area contributed by atoms with Gasteiger partial charge in [0.2, 0.25) is 5.91 Å². The van der Waals surface area contributed by atoms with Gasteiger partial charge < -0.3 is 20.7 Å². The Morgan fingerprint density at radius 1 is 1.38 bits per heavy atom. The number of hydrogen-bond acceptors (Lipinski definition) is 4. The van der Waals surface area contributed by atoms with Crippen LogP contribution in [-0.2, 0) is 4.79 Å². The van der Waals surface area contributed by atoms with Crippen LogP contribution in [0.15, 0.2) is 18.2 Å². The van der Waals surface area contributed by atoms with E-state index in [9.17, 15) is 9.59 Å². The molecule has 1 aromatic carbocycles. The number of nitrogens with zero attached hydrogens (tertiary/aromatic N) is 1. The second-order valence-electron chi connectivity index (χ2n) is 5.04. The number of carbonyl (C=O) groups is 2. The van der Waals surface area contributed by atoms with Crippen LogP contribution in [-0.4, -0.2) is 43.0 Å². The van der Waals surface area contributed by atoms with Crippen molar-refractivity contribution < 1.29 is 14.3 Å². The molecule has 0 aliphatic rings. The van der Waals surface area contributed by atoms with Crippen molar-refractivity contribution in [1.82, 2.24) is 10.2 Å².